The number of benzene rings is 2. The largest absolute Gasteiger partial charge is 0.396 e. The fraction of sp³-hybridized carbons (Fsp3) is 0.333. The Labute approximate surface area is 121 Å². The Kier molecular flexibility index (Phi) is 4.94. The number of aliphatic hydroxyl groups excluding tert-OH is 1. The normalized spacial score (nSPS) is 14.2. The number of rotatable bonds is 6. The Morgan fingerprint density at radius 1 is 0.950 bits per heavy atom. The molecule has 2 heteroatoms. The maximum Gasteiger partial charge on any atom is 0.0437 e. The summed E-state index contributed by atoms with van der Waals surface area (Å²) in [5, 5.41) is 9.42. The van der Waals surface area contributed by atoms with Gasteiger partial charge < -0.3 is 10.8 Å². The third-order valence-electron chi connectivity index (χ3n) is 4.11. The molecular formula is C18H23NO. The van der Waals surface area contributed by atoms with E-state index in [1.807, 2.05) is 12.1 Å². The molecule has 0 aliphatic heterocycles. The smallest absolute Gasteiger partial charge is 0.0437 e. The van der Waals surface area contributed by atoms with E-state index in [2.05, 4.69) is 55.5 Å². The van der Waals surface area contributed by atoms with E-state index in [9.17, 15) is 5.11 Å². The number of hydrogen-bond donors (Lipinski definition) is 2. The number of aliphatic hydroxyl groups is 1. The topological polar surface area (TPSA) is 46.2 Å². The molecule has 0 heterocycles. The lowest BCUT2D eigenvalue weighted by molar-refractivity contribution is 0.184. The molecule has 2 aromatic carbocycles. The van der Waals surface area contributed by atoms with Gasteiger partial charge in [0, 0.05) is 12.5 Å². The quantitative estimate of drug-likeness (QED) is 0.846. The van der Waals surface area contributed by atoms with Crippen LogP contribution in [0, 0.1) is 5.41 Å². The highest BCUT2D eigenvalue weighted by atomic mass is 16.3. The van der Waals surface area contributed by atoms with Gasteiger partial charge in [0.2, 0.25) is 0 Å². The minimum Gasteiger partial charge on any atom is -0.396 e. The molecule has 1 atom stereocenters. The zero-order valence-electron chi connectivity index (χ0n) is 12.0. The molecule has 0 bridgehead atoms. The van der Waals surface area contributed by atoms with Crippen molar-refractivity contribution in [1.82, 2.24) is 0 Å². The standard InChI is InChI=1S/C18H23NO/c1-18(14-19,12-13-20)17(15-8-4-2-5-9-15)16-10-6-3-7-11-16/h2-11,17,20H,12-14,19H2,1H3. The van der Waals surface area contributed by atoms with Gasteiger partial charge in [0.15, 0.2) is 0 Å². The van der Waals surface area contributed by atoms with Crippen LogP contribution in [0.3, 0.4) is 0 Å². The van der Waals surface area contributed by atoms with Crippen LogP contribution in [-0.4, -0.2) is 18.3 Å². The second-order valence-corrected chi connectivity index (χ2v) is 5.59. The van der Waals surface area contributed by atoms with Gasteiger partial charge in [0.25, 0.3) is 0 Å². The Hall–Kier alpha value is -1.64. The van der Waals surface area contributed by atoms with Gasteiger partial charge in [-0.3, -0.25) is 0 Å². The molecule has 0 fully saturated rings. The minimum atomic E-state index is -0.155. The molecule has 1 unspecified atom stereocenters. The third kappa shape index (κ3) is 3.09. The predicted molar refractivity (Wildman–Crippen MR) is 83.6 cm³/mol. The van der Waals surface area contributed by atoms with E-state index >= 15 is 0 Å². The molecule has 2 nitrogen and oxygen atoms in total. The molecule has 20 heavy (non-hydrogen) atoms. The lowest BCUT2D eigenvalue weighted by atomic mass is 9.68. The van der Waals surface area contributed by atoms with E-state index < -0.39 is 0 Å². The highest BCUT2D eigenvalue weighted by molar-refractivity contribution is 5.35. The highest BCUT2D eigenvalue weighted by Crippen LogP contribution is 2.42. The van der Waals surface area contributed by atoms with Crippen LogP contribution in [0.4, 0.5) is 0 Å². The van der Waals surface area contributed by atoms with Crippen molar-refractivity contribution in [3.05, 3.63) is 71.8 Å². The van der Waals surface area contributed by atoms with Crippen molar-refractivity contribution >= 4 is 0 Å². The molecule has 0 radical (unpaired) electrons. The molecule has 2 rings (SSSR count). The van der Waals surface area contributed by atoms with Crippen LogP contribution in [0.15, 0.2) is 60.7 Å². The van der Waals surface area contributed by atoms with Crippen LogP contribution in [0.1, 0.15) is 30.4 Å². The van der Waals surface area contributed by atoms with E-state index in [0.29, 0.717) is 13.0 Å². The summed E-state index contributed by atoms with van der Waals surface area (Å²) < 4.78 is 0. The van der Waals surface area contributed by atoms with Gasteiger partial charge in [0.1, 0.15) is 0 Å². The van der Waals surface area contributed by atoms with Crippen molar-refractivity contribution in [3.8, 4) is 0 Å². The van der Waals surface area contributed by atoms with Gasteiger partial charge in [0.05, 0.1) is 0 Å². The summed E-state index contributed by atoms with van der Waals surface area (Å²) in [6.45, 7) is 2.86. The Bertz CT molecular complexity index is 472. The van der Waals surface area contributed by atoms with E-state index in [1.165, 1.54) is 11.1 Å². The monoisotopic (exact) mass is 269 g/mol. The predicted octanol–water partition coefficient (Wildman–Crippen LogP) is 3.17. The second kappa shape index (κ2) is 6.69. The summed E-state index contributed by atoms with van der Waals surface area (Å²) in [7, 11) is 0. The van der Waals surface area contributed by atoms with Crippen LogP contribution in [0.25, 0.3) is 0 Å². The van der Waals surface area contributed by atoms with E-state index in [0.717, 1.165) is 0 Å². The second-order valence-electron chi connectivity index (χ2n) is 5.59. The van der Waals surface area contributed by atoms with Gasteiger partial charge in [-0.15, -0.1) is 0 Å². The van der Waals surface area contributed by atoms with Crippen molar-refractivity contribution < 1.29 is 5.11 Å². The number of nitrogens with two attached hydrogens (primary N) is 1. The summed E-state index contributed by atoms with van der Waals surface area (Å²) in [5.41, 5.74) is 8.40. The van der Waals surface area contributed by atoms with Crippen molar-refractivity contribution in [2.24, 2.45) is 11.1 Å². The lowest BCUT2D eigenvalue weighted by Gasteiger charge is -2.37. The molecule has 0 aliphatic rings. The highest BCUT2D eigenvalue weighted by Gasteiger charge is 2.34. The van der Waals surface area contributed by atoms with Gasteiger partial charge in [-0.25, -0.2) is 0 Å². The Balaban J connectivity index is 2.50. The fourth-order valence-electron chi connectivity index (χ4n) is 2.91. The fourth-order valence-corrected chi connectivity index (χ4v) is 2.91. The third-order valence-corrected chi connectivity index (χ3v) is 4.11. The van der Waals surface area contributed by atoms with Crippen molar-refractivity contribution in [3.63, 3.8) is 0 Å². The van der Waals surface area contributed by atoms with E-state index in [1.54, 1.807) is 0 Å². The molecule has 0 amide bonds. The average Bonchev–Trinajstić information content (AvgIpc) is 2.50. The first kappa shape index (κ1) is 14.8. The molecule has 0 saturated heterocycles. The molecule has 0 aromatic heterocycles. The maximum atomic E-state index is 9.42. The lowest BCUT2D eigenvalue weighted by Crippen LogP contribution is -2.35. The minimum absolute atomic E-state index is 0.155. The molecule has 0 saturated carbocycles. The van der Waals surface area contributed by atoms with Gasteiger partial charge in [-0.1, -0.05) is 67.6 Å². The first-order valence-corrected chi connectivity index (χ1v) is 7.12. The summed E-state index contributed by atoms with van der Waals surface area (Å²) in [6.07, 6.45) is 0.692. The molecule has 0 aliphatic carbocycles. The van der Waals surface area contributed by atoms with E-state index in [4.69, 9.17) is 5.73 Å². The molecular weight excluding hydrogens is 246 g/mol. The zero-order chi connectivity index (χ0) is 14.4. The first-order valence-electron chi connectivity index (χ1n) is 7.12. The van der Waals surface area contributed by atoms with Crippen LogP contribution in [0.5, 0.6) is 0 Å². The first-order chi connectivity index (χ1) is 9.71. The van der Waals surface area contributed by atoms with E-state index in [-0.39, 0.29) is 17.9 Å². The van der Waals surface area contributed by atoms with Crippen molar-refractivity contribution in [2.45, 2.75) is 19.3 Å². The summed E-state index contributed by atoms with van der Waals surface area (Å²) >= 11 is 0. The summed E-state index contributed by atoms with van der Waals surface area (Å²) in [5.74, 6) is 0.196. The van der Waals surface area contributed by atoms with Gasteiger partial charge >= 0.3 is 0 Å². The molecule has 0 spiro atoms. The summed E-state index contributed by atoms with van der Waals surface area (Å²) in [6, 6.07) is 20.8. The van der Waals surface area contributed by atoms with Crippen molar-refractivity contribution in [2.75, 3.05) is 13.2 Å². The summed E-state index contributed by atoms with van der Waals surface area (Å²) in [4.78, 5) is 0. The SMILES string of the molecule is CC(CN)(CCO)C(c1ccccc1)c1ccccc1. The molecule has 106 valence electrons. The maximum absolute atomic E-state index is 9.42. The van der Waals surface area contributed by atoms with Crippen LogP contribution < -0.4 is 5.73 Å². The van der Waals surface area contributed by atoms with Crippen LogP contribution >= 0.6 is 0 Å². The molecule has 2 aromatic rings. The van der Waals surface area contributed by atoms with Crippen molar-refractivity contribution in [1.29, 1.82) is 0 Å². The Morgan fingerprint density at radius 2 is 1.40 bits per heavy atom. The van der Waals surface area contributed by atoms with Crippen LogP contribution in [-0.2, 0) is 0 Å². The zero-order valence-corrected chi connectivity index (χ0v) is 12.0. The average molecular weight is 269 g/mol. The molecule has 3 N–H and O–H groups in total. The van der Waals surface area contributed by atoms with Crippen LogP contribution in [0.2, 0.25) is 0 Å². The Morgan fingerprint density at radius 3 is 1.75 bits per heavy atom. The van der Waals surface area contributed by atoms with Gasteiger partial charge in [-0.05, 0) is 29.5 Å². The van der Waals surface area contributed by atoms with Gasteiger partial charge in [-0.2, -0.15) is 0 Å². The number of hydrogen-bond acceptors (Lipinski definition) is 2.